The van der Waals surface area contributed by atoms with Crippen LogP contribution in [0.3, 0.4) is 0 Å². The van der Waals surface area contributed by atoms with Gasteiger partial charge < -0.3 is 40.9 Å². The van der Waals surface area contributed by atoms with Crippen molar-refractivity contribution in [3.63, 3.8) is 0 Å². The maximum Gasteiger partial charge on any atom is 0.320 e. The van der Waals surface area contributed by atoms with Gasteiger partial charge in [0.25, 0.3) is 0 Å². The molecule has 8 N–H and O–H groups in total. The Kier molecular flexibility index (Phi) is 25.5. The molecule has 206 valence electrons. The van der Waals surface area contributed by atoms with Gasteiger partial charge in [0.05, 0.1) is 26.2 Å². The van der Waals surface area contributed by atoms with Crippen molar-refractivity contribution < 1.29 is 79.2 Å². The molecule has 0 aromatic carbocycles. The summed E-state index contributed by atoms with van der Waals surface area (Å²) < 4.78 is 0. The van der Waals surface area contributed by atoms with Gasteiger partial charge in [0.1, 0.15) is 12.1 Å². The van der Waals surface area contributed by atoms with E-state index in [1.54, 1.807) is 0 Å². The van der Waals surface area contributed by atoms with Gasteiger partial charge in [-0.05, 0) is 12.8 Å². The predicted molar refractivity (Wildman–Crippen MR) is 122 cm³/mol. The van der Waals surface area contributed by atoms with Crippen LogP contribution in [0.15, 0.2) is 0 Å². The molecule has 0 aliphatic heterocycles. The number of carboxylic acids is 8. The van der Waals surface area contributed by atoms with Crippen molar-refractivity contribution in [1.82, 2.24) is 9.80 Å². The van der Waals surface area contributed by atoms with Crippen LogP contribution in [0, 0.1) is 0 Å². The minimum atomic E-state index is -1.46. The Morgan fingerprint density at radius 1 is 0.421 bits per heavy atom. The summed E-state index contributed by atoms with van der Waals surface area (Å²) in [6.45, 7) is -3.16. The molecule has 0 saturated carbocycles. The monoisotopic (exact) mass is 572 g/mol. The Bertz CT molecular complexity index is 752. The maximum atomic E-state index is 10.9. The first kappa shape index (κ1) is 42.8. The van der Waals surface area contributed by atoms with Crippen molar-refractivity contribution in [2.24, 2.45) is 0 Å². The maximum absolute atomic E-state index is 10.9. The minimum absolute atomic E-state index is 0. The Balaban J connectivity index is -0.000000289. The van der Waals surface area contributed by atoms with Crippen molar-refractivity contribution >= 4 is 107 Å². The molecule has 0 heterocycles. The molecule has 0 unspecified atom stereocenters. The van der Waals surface area contributed by atoms with Gasteiger partial charge in [0, 0.05) is 72.0 Å². The molecule has 0 aromatic heterocycles. The van der Waals surface area contributed by atoms with Crippen molar-refractivity contribution in [1.29, 1.82) is 0 Å². The number of rotatable bonds is 18. The summed E-state index contributed by atoms with van der Waals surface area (Å²) in [5.74, 6) is -11.0. The summed E-state index contributed by atoms with van der Waals surface area (Å²) in [5, 5.41) is 68.9. The quantitative estimate of drug-likeness (QED) is 0.0749. The number of hydrogen-bond donors (Lipinski definition) is 8. The molecule has 0 aromatic rings. The first-order valence-corrected chi connectivity index (χ1v) is 9.72. The topological polar surface area (TPSA) is 305 Å². The smallest absolute Gasteiger partial charge is 0.320 e. The molecule has 38 heavy (non-hydrogen) atoms. The van der Waals surface area contributed by atoms with E-state index < -0.39 is 98.9 Å². The van der Waals surface area contributed by atoms with Gasteiger partial charge in [-0.2, -0.15) is 0 Å². The third kappa shape index (κ3) is 22.8. The Labute approximate surface area is 258 Å². The molecule has 0 saturated heterocycles. The Morgan fingerprint density at radius 3 is 0.763 bits per heavy atom. The van der Waals surface area contributed by atoms with Crippen LogP contribution in [0.4, 0.5) is 0 Å². The molecule has 2 atom stereocenters. The van der Waals surface area contributed by atoms with Gasteiger partial charge in [0.2, 0.25) is 0 Å². The first-order valence-electron chi connectivity index (χ1n) is 9.72. The SMILES string of the molecule is O=C(O)CC[C@@H](C(=O)O)N(CC(=O)O)CC(=O)O.O=C(O)CC[C@@H](C(=O)O)N(CC(=O)O)CC(=O)O.[Na].[Na]. The van der Waals surface area contributed by atoms with Crippen molar-refractivity contribution in [2.75, 3.05) is 26.2 Å². The zero-order valence-electron chi connectivity index (χ0n) is 20.5. The number of carbonyl (C=O) groups is 8. The number of aliphatic carboxylic acids is 8. The van der Waals surface area contributed by atoms with Gasteiger partial charge in [-0.25, -0.2) is 0 Å². The van der Waals surface area contributed by atoms with Crippen molar-refractivity contribution in [3.8, 4) is 0 Å². The van der Waals surface area contributed by atoms with Gasteiger partial charge in [-0.1, -0.05) is 0 Å². The third-order valence-corrected chi connectivity index (χ3v) is 4.07. The van der Waals surface area contributed by atoms with Crippen LogP contribution < -0.4 is 0 Å². The second-order valence-electron chi connectivity index (χ2n) is 6.96. The summed E-state index contributed by atoms with van der Waals surface area (Å²) in [6.07, 6.45) is -1.73. The van der Waals surface area contributed by atoms with Crippen LogP contribution in [-0.4, -0.2) is 196 Å². The zero-order valence-corrected chi connectivity index (χ0v) is 24.5. The van der Waals surface area contributed by atoms with Crippen molar-refractivity contribution in [3.05, 3.63) is 0 Å². The van der Waals surface area contributed by atoms with E-state index in [4.69, 9.17) is 40.9 Å². The van der Waals surface area contributed by atoms with Gasteiger partial charge in [-0.15, -0.1) is 0 Å². The molecule has 2 radical (unpaired) electrons. The summed E-state index contributed by atoms with van der Waals surface area (Å²) >= 11 is 0. The van der Waals surface area contributed by atoms with E-state index in [-0.39, 0.29) is 72.0 Å². The molecule has 20 heteroatoms. The Hall–Kier alpha value is -2.32. The number of nitrogens with zero attached hydrogens (tertiary/aromatic N) is 2. The van der Waals surface area contributed by atoms with Crippen LogP contribution in [0.5, 0.6) is 0 Å². The normalized spacial score (nSPS) is 11.4. The third-order valence-electron chi connectivity index (χ3n) is 4.07. The molecule has 0 fully saturated rings. The fourth-order valence-electron chi connectivity index (χ4n) is 2.69. The average Bonchev–Trinajstić information content (AvgIpc) is 2.65. The summed E-state index contributed by atoms with van der Waals surface area (Å²) in [5.41, 5.74) is 0. The molecule has 18 nitrogen and oxygen atoms in total. The molecular weight excluding hydrogens is 546 g/mol. The van der Waals surface area contributed by atoms with Crippen LogP contribution in [0.2, 0.25) is 0 Å². The van der Waals surface area contributed by atoms with Crippen LogP contribution >= 0.6 is 0 Å². The number of carboxylic acid groups (broad SMARTS) is 8. The largest absolute Gasteiger partial charge is 0.481 e. The molecular formula is C18H26N2Na2O16. The van der Waals surface area contributed by atoms with Gasteiger partial charge in [0.15, 0.2) is 0 Å². The van der Waals surface area contributed by atoms with E-state index in [1.165, 1.54) is 0 Å². The average molecular weight is 572 g/mol. The molecule has 0 aliphatic rings. The summed E-state index contributed by atoms with van der Waals surface area (Å²) in [7, 11) is 0. The van der Waals surface area contributed by atoms with E-state index in [0.29, 0.717) is 9.80 Å². The minimum Gasteiger partial charge on any atom is -0.481 e. The van der Waals surface area contributed by atoms with Crippen LogP contribution in [0.25, 0.3) is 0 Å². The van der Waals surface area contributed by atoms with Crippen LogP contribution in [0.1, 0.15) is 25.7 Å². The molecule has 0 rings (SSSR count). The van der Waals surface area contributed by atoms with Crippen molar-refractivity contribution in [2.45, 2.75) is 37.8 Å². The molecule has 0 bridgehead atoms. The number of hydrogen-bond acceptors (Lipinski definition) is 10. The molecule has 0 aliphatic carbocycles. The second-order valence-corrected chi connectivity index (χ2v) is 6.96. The van der Waals surface area contributed by atoms with E-state index in [1.807, 2.05) is 0 Å². The Morgan fingerprint density at radius 2 is 0.632 bits per heavy atom. The standard InChI is InChI=1S/2C9H13NO8.2Na/c2*11-6(12)2-1-5(9(17)18)10(3-7(13)14)4-8(15)16;;/h2*5H,1-4H2,(H,11,12)(H,13,14)(H,15,16)(H,17,18);;/t2*5-;;/m00../s1. The first-order chi connectivity index (χ1) is 16.5. The van der Waals surface area contributed by atoms with E-state index >= 15 is 0 Å². The summed E-state index contributed by atoms with van der Waals surface area (Å²) in [6, 6.07) is -2.93. The van der Waals surface area contributed by atoms with Gasteiger partial charge in [-0.3, -0.25) is 48.2 Å². The molecule has 0 spiro atoms. The predicted octanol–water partition coefficient (Wildman–Crippen LogP) is -3.21. The second kappa shape index (κ2) is 22.6. The van der Waals surface area contributed by atoms with E-state index in [0.717, 1.165) is 0 Å². The zero-order chi connectivity index (χ0) is 28.6. The fourth-order valence-corrected chi connectivity index (χ4v) is 2.69. The fraction of sp³-hybridized carbons (Fsp3) is 0.556. The van der Waals surface area contributed by atoms with E-state index in [9.17, 15) is 38.4 Å². The van der Waals surface area contributed by atoms with Gasteiger partial charge >= 0.3 is 47.8 Å². The molecule has 0 amide bonds. The summed E-state index contributed by atoms with van der Waals surface area (Å²) in [4.78, 5) is 85.9. The van der Waals surface area contributed by atoms with E-state index in [2.05, 4.69) is 0 Å². The van der Waals surface area contributed by atoms with Crippen LogP contribution in [-0.2, 0) is 38.4 Å².